The van der Waals surface area contributed by atoms with Crippen molar-refractivity contribution in [3.05, 3.63) is 29.1 Å². The number of hydrogen-bond acceptors (Lipinski definition) is 6. The first-order chi connectivity index (χ1) is 19.5. The van der Waals surface area contributed by atoms with Crippen molar-refractivity contribution in [2.24, 2.45) is 0 Å². The molecule has 1 saturated heterocycles. The summed E-state index contributed by atoms with van der Waals surface area (Å²) in [6.07, 6.45) is 21.8. The molecule has 0 atom stereocenters. The molecule has 40 heavy (non-hydrogen) atoms. The number of pyridine rings is 1. The average Bonchev–Trinajstić information content (AvgIpc) is 2.94. The van der Waals surface area contributed by atoms with E-state index >= 15 is 0 Å². The van der Waals surface area contributed by atoms with E-state index in [2.05, 4.69) is 27.3 Å². The van der Waals surface area contributed by atoms with Gasteiger partial charge in [0.05, 0.1) is 19.3 Å². The van der Waals surface area contributed by atoms with E-state index < -0.39 is 23.0 Å². The highest BCUT2D eigenvalue weighted by Crippen LogP contribution is 2.31. The van der Waals surface area contributed by atoms with Gasteiger partial charge in [0, 0.05) is 41.0 Å². The quantitative estimate of drug-likeness (QED) is 0.140. The van der Waals surface area contributed by atoms with E-state index in [4.69, 9.17) is 4.74 Å². The largest absolute Gasteiger partial charge is 0.453 e. The van der Waals surface area contributed by atoms with Crippen LogP contribution in [0.3, 0.4) is 0 Å². The molecule has 1 aliphatic heterocycles. The van der Waals surface area contributed by atoms with Gasteiger partial charge in [-0.1, -0.05) is 103 Å². The number of aromatic nitrogens is 1. The topological polar surface area (TPSA) is 107 Å². The van der Waals surface area contributed by atoms with Crippen LogP contribution in [0.1, 0.15) is 132 Å². The van der Waals surface area contributed by atoms with Gasteiger partial charge < -0.3 is 20.1 Å². The Morgan fingerprint density at radius 3 is 1.93 bits per heavy atom. The SMILES string of the molecule is CCCCCCCCCCCCCCCCCCNC(=O)OCc1ccnc(CNC(=O)OC)c1C1CS(=O)C1. The van der Waals surface area contributed by atoms with Gasteiger partial charge >= 0.3 is 12.2 Å². The van der Waals surface area contributed by atoms with Crippen molar-refractivity contribution in [3.8, 4) is 0 Å². The van der Waals surface area contributed by atoms with Gasteiger partial charge in [0.1, 0.15) is 6.61 Å². The van der Waals surface area contributed by atoms with Crippen molar-refractivity contribution in [3.63, 3.8) is 0 Å². The number of alkyl carbamates (subject to hydrolysis) is 2. The summed E-state index contributed by atoms with van der Waals surface area (Å²) in [5.41, 5.74) is 2.42. The van der Waals surface area contributed by atoms with Crippen LogP contribution in [0.25, 0.3) is 0 Å². The first-order valence-corrected chi connectivity index (χ1v) is 17.1. The molecular weight excluding hydrogens is 526 g/mol. The van der Waals surface area contributed by atoms with Gasteiger partial charge in [-0.15, -0.1) is 0 Å². The summed E-state index contributed by atoms with van der Waals surface area (Å²) in [7, 11) is 0.467. The maximum absolute atomic E-state index is 12.3. The zero-order valence-electron chi connectivity index (χ0n) is 25.0. The second kappa shape index (κ2) is 21.6. The summed E-state index contributed by atoms with van der Waals surface area (Å²) < 4.78 is 21.8. The van der Waals surface area contributed by atoms with E-state index in [9.17, 15) is 13.8 Å². The van der Waals surface area contributed by atoms with Crippen LogP contribution in [-0.4, -0.2) is 46.5 Å². The van der Waals surface area contributed by atoms with Crippen molar-refractivity contribution >= 4 is 23.0 Å². The number of carbonyl (C=O) groups is 2. The van der Waals surface area contributed by atoms with Gasteiger partial charge in [0.25, 0.3) is 0 Å². The molecule has 8 nitrogen and oxygen atoms in total. The number of unbranched alkanes of at least 4 members (excludes halogenated alkanes) is 15. The summed E-state index contributed by atoms with van der Waals surface area (Å²) in [5, 5.41) is 5.50. The van der Waals surface area contributed by atoms with Crippen molar-refractivity contribution in [2.45, 2.75) is 129 Å². The molecule has 0 unspecified atom stereocenters. The maximum atomic E-state index is 12.3. The van der Waals surface area contributed by atoms with Gasteiger partial charge in [-0.3, -0.25) is 9.19 Å². The van der Waals surface area contributed by atoms with Gasteiger partial charge in [-0.2, -0.15) is 0 Å². The lowest BCUT2D eigenvalue weighted by atomic mass is 9.95. The number of ether oxygens (including phenoxy) is 2. The smallest absolute Gasteiger partial charge is 0.407 e. The third-order valence-corrected chi connectivity index (χ3v) is 9.14. The fraction of sp³-hybridized carbons (Fsp3) is 0.774. The summed E-state index contributed by atoms with van der Waals surface area (Å²) in [6, 6.07) is 1.82. The zero-order chi connectivity index (χ0) is 28.8. The number of nitrogens with one attached hydrogen (secondary N) is 2. The molecule has 0 saturated carbocycles. The predicted molar refractivity (Wildman–Crippen MR) is 162 cm³/mol. The van der Waals surface area contributed by atoms with Crippen molar-refractivity contribution in [1.82, 2.24) is 15.6 Å². The number of methoxy groups -OCH3 is 1. The first kappa shape index (κ1) is 34.0. The molecule has 0 aliphatic carbocycles. The first-order valence-electron chi connectivity index (χ1n) is 15.6. The molecular formula is C31H53N3O5S. The maximum Gasteiger partial charge on any atom is 0.407 e. The average molecular weight is 580 g/mol. The molecule has 9 heteroatoms. The molecule has 0 radical (unpaired) electrons. The van der Waals surface area contributed by atoms with Crippen LogP contribution in [0.4, 0.5) is 9.59 Å². The predicted octanol–water partition coefficient (Wildman–Crippen LogP) is 7.27. The Labute approximate surface area is 244 Å². The Kier molecular flexibility index (Phi) is 18.4. The molecule has 2 heterocycles. The number of carbonyl (C=O) groups excluding carboxylic acids is 2. The second-order valence-corrected chi connectivity index (χ2v) is 12.5. The number of hydrogen-bond donors (Lipinski definition) is 2. The third-order valence-electron chi connectivity index (χ3n) is 7.59. The van der Waals surface area contributed by atoms with E-state index in [0.717, 1.165) is 24.0 Å². The van der Waals surface area contributed by atoms with Crippen molar-refractivity contribution in [1.29, 1.82) is 0 Å². The number of amides is 2. The molecule has 0 aromatic carbocycles. The highest BCUT2D eigenvalue weighted by Gasteiger charge is 2.31. The Morgan fingerprint density at radius 2 is 1.40 bits per heavy atom. The zero-order valence-corrected chi connectivity index (χ0v) is 25.8. The number of rotatable bonds is 22. The normalized spacial score (nSPS) is 16.2. The summed E-state index contributed by atoms with van der Waals surface area (Å²) in [6.45, 7) is 3.19. The Morgan fingerprint density at radius 1 is 0.850 bits per heavy atom. The summed E-state index contributed by atoms with van der Waals surface area (Å²) in [4.78, 5) is 28.2. The molecule has 2 rings (SSSR count). The lowest BCUT2D eigenvalue weighted by Gasteiger charge is -2.29. The van der Waals surface area contributed by atoms with Crippen LogP contribution in [0.15, 0.2) is 12.3 Å². The van der Waals surface area contributed by atoms with Crippen LogP contribution in [0.2, 0.25) is 0 Å². The number of nitrogens with zero attached hydrogens (tertiary/aromatic N) is 1. The van der Waals surface area contributed by atoms with Crippen molar-refractivity contribution in [2.75, 3.05) is 25.2 Å². The second-order valence-electron chi connectivity index (χ2n) is 11.0. The van der Waals surface area contributed by atoms with Crippen LogP contribution in [-0.2, 0) is 33.4 Å². The lowest BCUT2D eigenvalue weighted by Crippen LogP contribution is -2.33. The minimum absolute atomic E-state index is 0.0794. The molecule has 1 aromatic heterocycles. The minimum atomic E-state index is -0.840. The minimum Gasteiger partial charge on any atom is -0.453 e. The molecule has 2 N–H and O–H groups in total. The van der Waals surface area contributed by atoms with E-state index in [1.54, 1.807) is 6.20 Å². The highest BCUT2D eigenvalue weighted by molar-refractivity contribution is 7.86. The fourth-order valence-electron chi connectivity index (χ4n) is 5.18. The fourth-order valence-corrected chi connectivity index (χ4v) is 6.31. The monoisotopic (exact) mass is 579 g/mol. The molecule has 1 aromatic rings. The highest BCUT2D eigenvalue weighted by atomic mass is 32.2. The molecule has 228 valence electrons. The van der Waals surface area contributed by atoms with E-state index in [0.29, 0.717) is 23.7 Å². The van der Waals surface area contributed by atoms with E-state index in [1.807, 2.05) is 6.07 Å². The van der Waals surface area contributed by atoms with Crippen LogP contribution in [0.5, 0.6) is 0 Å². The van der Waals surface area contributed by atoms with Gasteiger partial charge in [-0.25, -0.2) is 9.59 Å². The molecule has 0 bridgehead atoms. The lowest BCUT2D eigenvalue weighted by molar-refractivity contribution is 0.139. The summed E-state index contributed by atoms with van der Waals surface area (Å²) >= 11 is 0. The Balaban J connectivity index is 1.52. The van der Waals surface area contributed by atoms with Gasteiger partial charge in [0.2, 0.25) is 0 Å². The van der Waals surface area contributed by atoms with Gasteiger partial charge in [-0.05, 0) is 23.6 Å². The van der Waals surface area contributed by atoms with E-state index in [-0.39, 0.29) is 19.1 Å². The molecule has 1 fully saturated rings. The molecule has 0 spiro atoms. The van der Waals surface area contributed by atoms with E-state index in [1.165, 1.54) is 97.0 Å². The Hall–Kier alpha value is -2.16. The third kappa shape index (κ3) is 14.5. The van der Waals surface area contributed by atoms with Crippen LogP contribution in [0, 0.1) is 0 Å². The summed E-state index contributed by atoms with van der Waals surface area (Å²) in [5.74, 6) is 1.18. The molecule has 2 amide bonds. The standard InChI is InChI=1S/C31H53N3O5S/c1-3-4-5-6-7-8-9-10-11-12-13-14-15-16-17-18-20-33-31(36)39-23-26-19-21-32-28(22-34-30(35)38-2)29(26)27-24-40(37)25-27/h19,21,27H,3-18,20,22-25H2,1-2H3,(H,33,36)(H,34,35). The van der Waals surface area contributed by atoms with Crippen LogP contribution < -0.4 is 10.6 Å². The Bertz CT molecular complexity index is 875. The molecule has 1 aliphatic rings. The van der Waals surface area contributed by atoms with Crippen molar-refractivity contribution < 1.29 is 23.3 Å². The van der Waals surface area contributed by atoms with Crippen LogP contribution >= 0.6 is 0 Å². The van der Waals surface area contributed by atoms with Gasteiger partial charge in [0.15, 0.2) is 0 Å².